The van der Waals surface area contributed by atoms with Gasteiger partial charge in [-0.3, -0.25) is 9.69 Å². The van der Waals surface area contributed by atoms with Crippen molar-refractivity contribution in [3.63, 3.8) is 0 Å². The van der Waals surface area contributed by atoms with Gasteiger partial charge in [-0.25, -0.2) is 0 Å². The van der Waals surface area contributed by atoms with E-state index >= 15 is 0 Å². The van der Waals surface area contributed by atoms with Gasteiger partial charge in [0.2, 0.25) is 0 Å². The lowest BCUT2D eigenvalue weighted by molar-refractivity contribution is -0.144. The molecule has 1 aromatic carbocycles. The lowest BCUT2D eigenvalue weighted by Crippen LogP contribution is -2.45. The molecule has 0 bridgehead atoms. The van der Waals surface area contributed by atoms with Crippen molar-refractivity contribution in [3.05, 3.63) is 35.9 Å². The number of carboxylic acid groups (broad SMARTS) is 1. The highest BCUT2D eigenvalue weighted by molar-refractivity contribution is 5.74. The van der Waals surface area contributed by atoms with Crippen LogP contribution < -0.4 is 0 Å². The van der Waals surface area contributed by atoms with E-state index in [9.17, 15) is 9.90 Å². The maximum Gasteiger partial charge on any atom is 0.321 e. The van der Waals surface area contributed by atoms with Gasteiger partial charge in [-0.2, -0.15) is 0 Å². The predicted molar refractivity (Wildman–Crippen MR) is 78.6 cm³/mol. The van der Waals surface area contributed by atoms with E-state index in [0.717, 1.165) is 19.4 Å². The molecule has 1 heterocycles. The number of nitrogens with zero attached hydrogens (tertiary/aromatic N) is 1. The largest absolute Gasteiger partial charge is 0.480 e. The summed E-state index contributed by atoms with van der Waals surface area (Å²) in [4.78, 5) is 13.9. The summed E-state index contributed by atoms with van der Waals surface area (Å²) in [7, 11) is 0. The molecule has 3 nitrogen and oxygen atoms in total. The molecule has 0 spiro atoms. The number of rotatable bonds is 4. The smallest absolute Gasteiger partial charge is 0.321 e. The van der Waals surface area contributed by atoms with E-state index in [1.807, 2.05) is 6.07 Å². The third-order valence-corrected chi connectivity index (χ3v) is 5.12. The molecule has 20 heavy (non-hydrogen) atoms. The third kappa shape index (κ3) is 2.47. The monoisotopic (exact) mass is 273 g/mol. The van der Waals surface area contributed by atoms with Crippen LogP contribution in [0.15, 0.2) is 30.3 Å². The molecule has 0 aromatic heterocycles. The van der Waals surface area contributed by atoms with Crippen LogP contribution in [0.4, 0.5) is 0 Å². The molecule has 1 aliphatic carbocycles. The minimum Gasteiger partial charge on any atom is -0.480 e. The van der Waals surface area contributed by atoms with Crippen LogP contribution in [0, 0.1) is 11.8 Å². The van der Waals surface area contributed by atoms with Crippen molar-refractivity contribution in [1.82, 2.24) is 4.90 Å². The van der Waals surface area contributed by atoms with E-state index in [-0.39, 0.29) is 6.04 Å². The Hall–Kier alpha value is -1.35. The Labute approximate surface area is 120 Å². The standard InChI is InChI=1S/C17H23NO2/c1-12(10-13-6-3-2-4-7-13)18-11-14-8-5-9-15(14)16(18)17(19)20/h2-4,6-7,12,14-16H,5,8-11H2,1H3,(H,19,20). The number of likely N-dealkylation sites (tertiary alicyclic amines) is 1. The van der Waals surface area contributed by atoms with E-state index in [1.165, 1.54) is 18.4 Å². The van der Waals surface area contributed by atoms with Crippen molar-refractivity contribution in [2.75, 3.05) is 6.54 Å². The molecule has 108 valence electrons. The minimum atomic E-state index is -0.626. The fourth-order valence-electron chi connectivity index (χ4n) is 4.19. The van der Waals surface area contributed by atoms with Gasteiger partial charge in [-0.05, 0) is 43.6 Å². The number of hydrogen-bond donors (Lipinski definition) is 1. The van der Waals surface area contributed by atoms with E-state index in [1.54, 1.807) is 0 Å². The molecular formula is C17H23NO2. The Morgan fingerprint density at radius 3 is 2.80 bits per heavy atom. The molecule has 4 atom stereocenters. The minimum absolute atomic E-state index is 0.263. The first kappa shape index (κ1) is 13.6. The first-order valence-corrected chi connectivity index (χ1v) is 7.69. The molecule has 0 radical (unpaired) electrons. The zero-order chi connectivity index (χ0) is 14.1. The van der Waals surface area contributed by atoms with E-state index in [4.69, 9.17) is 0 Å². The molecule has 1 aliphatic heterocycles. The SMILES string of the molecule is CC(Cc1ccccc1)N1CC2CCCC2C1C(=O)O. The van der Waals surface area contributed by atoms with Gasteiger partial charge < -0.3 is 5.11 Å². The van der Waals surface area contributed by atoms with Crippen LogP contribution in [-0.2, 0) is 11.2 Å². The molecular weight excluding hydrogens is 250 g/mol. The third-order valence-electron chi connectivity index (χ3n) is 5.12. The van der Waals surface area contributed by atoms with Gasteiger partial charge in [-0.1, -0.05) is 36.8 Å². The maximum absolute atomic E-state index is 11.7. The molecule has 1 aromatic rings. The molecule has 2 fully saturated rings. The maximum atomic E-state index is 11.7. The number of fused-ring (bicyclic) bond motifs is 1. The molecule has 4 unspecified atom stereocenters. The van der Waals surface area contributed by atoms with Crippen molar-refractivity contribution >= 4 is 5.97 Å². The van der Waals surface area contributed by atoms with Crippen molar-refractivity contribution in [2.24, 2.45) is 11.8 Å². The molecule has 1 saturated carbocycles. The van der Waals surface area contributed by atoms with Gasteiger partial charge in [-0.15, -0.1) is 0 Å². The summed E-state index contributed by atoms with van der Waals surface area (Å²) in [6.07, 6.45) is 4.45. The highest BCUT2D eigenvalue weighted by Crippen LogP contribution is 2.43. The van der Waals surface area contributed by atoms with Crippen molar-refractivity contribution in [1.29, 1.82) is 0 Å². The zero-order valence-corrected chi connectivity index (χ0v) is 12.0. The van der Waals surface area contributed by atoms with Gasteiger partial charge in [0.15, 0.2) is 0 Å². The second-order valence-corrected chi connectivity index (χ2v) is 6.37. The van der Waals surface area contributed by atoms with E-state index in [0.29, 0.717) is 17.9 Å². The fraction of sp³-hybridized carbons (Fsp3) is 0.588. The summed E-state index contributed by atoms with van der Waals surface area (Å²) in [5, 5.41) is 9.60. The van der Waals surface area contributed by atoms with Gasteiger partial charge in [0.1, 0.15) is 6.04 Å². The summed E-state index contributed by atoms with van der Waals surface area (Å²) in [5.41, 5.74) is 1.29. The summed E-state index contributed by atoms with van der Waals surface area (Å²) >= 11 is 0. The van der Waals surface area contributed by atoms with Gasteiger partial charge >= 0.3 is 5.97 Å². The van der Waals surface area contributed by atoms with Gasteiger partial charge in [0.05, 0.1) is 0 Å². The Balaban J connectivity index is 1.73. The van der Waals surface area contributed by atoms with Crippen LogP contribution in [0.1, 0.15) is 31.7 Å². The molecule has 1 N–H and O–H groups in total. The van der Waals surface area contributed by atoms with Crippen LogP contribution >= 0.6 is 0 Å². The average Bonchev–Trinajstić information content (AvgIpc) is 2.98. The number of carbonyl (C=O) groups is 1. The first-order valence-electron chi connectivity index (χ1n) is 7.69. The lowest BCUT2D eigenvalue weighted by Gasteiger charge is -2.30. The van der Waals surface area contributed by atoms with Crippen molar-refractivity contribution in [2.45, 2.75) is 44.7 Å². The second kappa shape index (κ2) is 5.57. The molecule has 3 heteroatoms. The fourth-order valence-corrected chi connectivity index (χ4v) is 4.19. The highest BCUT2D eigenvalue weighted by atomic mass is 16.4. The molecule has 3 rings (SSSR count). The second-order valence-electron chi connectivity index (χ2n) is 6.37. The van der Waals surface area contributed by atoms with Gasteiger partial charge in [0, 0.05) is 12.6 Å². The van der Waals surface area contributed by atoms with Crippen LogP contribution in [-0.4, -0.2) is 34.6 Å². The highest BCUT2D eigenvalue weighted by Gasteiger charge is 2.48. The zero-order valence-electron chi connectivity index (χ0n) is 12.0. The number of hydrogen-bond acceptors (Lipinski definition) is 2. The summed E-state index contributed by atoms with van der Waals surface area (Å²) in [5.74, 6) is 0.361. The molecule has 1 saturated heterocycles. The van der Waals surface area contributed by atoms with Crippen molar-refractivity contribution in [3.8, 4) is 0 Å². The topological polar surface area (TPSA) is 40.5 Å². The van der Waals surface area contributed by atoms with Gasteiger partial charge in [0.25, 0.3) is 0 Å². The molecule has 2 aliphatic rings. The van der Waals surface area contributed by atoms with Crippen LogP contribution in [0.3, 0.4) is 0 Å². The first-order chi connectivity index (χ1) is 9.66. The predicted octanol–water partition coefficient (Wildman–Crippen LogP) is 2.80. The summed E-state index contributed by atoms with van der Waals surface area (Å²) in [6, 6.07) is 10.4. The van der Waals surface area contributed by atoms with Crippen molar-refractivity contribution < 1.29 is 9.90 Å². The van der Waals surface area contributed by atoms with E-state index in [2.05, 4.69) is 36.1 Å². The number of carboxylic acids is 1. The summed E-state index contributed by atoms with van der Waals surface area (Å²) in [6.45, 7) is 3.14. The van der Waals surface area contributed by atoms with Crippen LogP contribution in [0.25, 0.3) is 0 Å². The Morgan fingerprint density at radius 2 is 2.10 bits per heavy atom. The Morgan fingerprint density at radius 1 is 1.35 bits per heavy atom. The van der Waals surface area contributed by atoms with E-state index < -0.39 is 5.97 Å². The molecule has 0 amide bonds. The quantitative estimate of drug-likeness (QED) is 0.917. The number of aliphatic carboxylic acids is 1. The lowest BCUT2D eigenvalue weighted by atomic mass is 9.94. The normalized spacial score (nSPS) is 31.1. The Kier molecular flexibility index (Phi) is 3.79. The number of benzene rings is 1. The average molecular weight is 273 g/mol. The van der Waals surface area contributed by atoms with Crippen LogP contribution in [0.5, 0.6) is 0 Å². The summed E-state index contributed by atoms with van der Waals surface area (Å²) < 4.78 is 0. The van der Waals surface area contributed by atoms with Crippen LogP contribution in [0.2, 0.25) is 0 Å². The Bertz CT molecular complexity index is 473.